The summed E-state index contributed by atoms with van der Waals surface area (Å²) in [5.74, 6) is -0.0860. The molecule has 0 bridgehead atoms. The molecule has 25 heavy (non-hydrogen) atoms. The zero-order valence-electron chi connectivity index (χ0n) is 14.1. The zero-order valence-corrected chi connectivity index (χ0v) is 14.1. The molecule has 0 aliphatic heterocycles. The SMILES string of the molecule is CC[C@H](C)c1ccccc1NC(=O)/C=C/c1cccc(C(F)(F)F)c1. The van der Waals surface area contributed by atoms with Crippen LogP contribution in [0, 0.1) is 0 Å². The number of nitrogens with one attached hydrogen (secondary N) is 1. The van der Waals surface area contributed by atoms with Crippen LogP contribution in [-0.2, 0) is 11.0 Å². The number of carbonyl (C=O) groups is 1. The highest BCUT2D eigenvalue weighted by molar-refractivity contribution is 6.02. The van der Waals surface area contributed by atoms with Gasteiger partial charge < -0.3 is 5.32 Å². The Balaban J connectivity index is 2.12. The summed E-state index contributed by atoms with van der Waals surface area (Å²) >= 11 is 0. The van der Waals surface area contributed by atoms with Crippen LogP contribution >= 0.6 is 0 Å². The zero-order chi connectivity index (χ0) is 18.4. The van der Waals surface area contributed by atoms with Gasteiger partial charge in [-0.1, -0.05) is 44.2 Å². The second-order valence-corrected chi connectivity index (χ2v) is 5.84. The first-order chi connectivity index (χ1) is 11.8. The van der Waals surface area contributed by atoms with Gasteiger partial charge in [0.25, 0.3) is 0 Å². The Bertz CT molecular complexity index is 766. The summed E-state index contributed by atoms with van der Waals surface area (Å²) in [6.45, 7) is 4.14. The minimum atomic E-state index is -4.40. The van der Waals surface area contributed by atoms with Crippen LogP contribution in [-0.4, -0.2) is 5.91 Å². The van der Waals surface area contributed by atoms with Crippen LogP contribution in [0.15, 0.2) is 54.6 Å². The van der Waals surface area contributed by atoms with E-state index in [9.17, 15) is 18.0 Å². The molecule has 5 heteroatoms. The Hall–Kier alpha value is -2.56. The number of rotatable bonds is 5. The molecule has 0 saturated heterocycles. The predicted octanol–water partition coefficient (Wildman–Crippen LogP) is 5.87. The van der Waals surface area contributed by atoms with Crippen molar-refractivity contribution < 1.29 is 18.0 Å². The summed E-state index contributed by atoms with van der Waals surface area (Å²) in [4.78, 5) is 12.1. The summed E-state index contributed by atoms with van der Waals surface area (Å²) in [5.41, 5.74) is 1.33. The third-order valence-electron chi connectivity index (χ3n) is 4.00. The van der Waals surface area contributed by atoms with Gasteiger partial charge in [-0.3, -0.25) is 4.79 Å². The van der Waals surface area contributed by atoms with Crippen LogP contribution in [0.5, 0.6) is 0 Å². The van der Waals surface area contributed by atoms with E-state index in [1.165, 1.54) is 24.3 Å². The molecular formula is C20H20F3NO. The number of halogens is 3. The number of anilines is 1. The lowest BCUT2D eigenvalue weighted by atomic mass is 9.97. The maximum atomic E-state index is 12.7. The summed E-state index contributed by atoms with van der Waals surface area (Å²) in [6.07, 6.45) is -0.854. The van der Waals surface area contributed by atoms with Crippen LogP contribution in [0.3, 0.4) is 0 Å². The second kappa shape index (κ2) is 8.01. The normalized spacial score (nSPS) is 13.0. The Morgan fingerprint density at radius 2 is 1.88 bits per heavy atom. The highest BCUT2D eigenvalue weighted by atomic mass is 19.4. The topological polar surface area (TPSA) is 29.1 Å². The molecule has 0 radical (unpaired) electrons. The first-order valence-corrected chi connectivity index (χ1v) is 8.06. The summed E-state index contributed by atoms with van der Waals surface area (Å²) in [5, 5.41) is 2.79. The summed E-state index contributed by atoms with van der Waals surface area (Å²) < 4.78 is 38.1. The lowest BCUT2D eigenvalue weighted by Crippen LogP contribution is -2.10. The fraction of sp³-hybridized carbons (Fsp3) is 0.250. The van der Waals surface area contributed by atoms with Gasteiger partial charge in [0.05, 0.1) is 5.56 Å². The van der Waals surface area contributed by atoms with Gasteiger partial charge in [0, 0.05) is 11.8 Å². The highest BCUT2D eigenvalue weighted by Crippen LogP contribution is 2.30. The Kier molecular flexibility index (Phi) is 6.02. The molecule has 132 valence electrons. The first kappa shape index (κ1) is 18.8. The van der Waals surface area contributed by atoms with Crippen LogP contribution < -0.4 is 5.32 Å². The van der Waals surface area contributed by atoms with Crippen molar-refractivity contribution in [1.82, 2.24) is 0 Å². The van der Waals surface area contributed by atoms with Gasteiger partial charge in [0.2, 0.25) is 5.91 Å². The van der Waals surface area contributed by atoms with Crippen LogP contribution in [0.2, 0.25) is 0 Å². The molecule has 2 rings (SSSR count). The smallest absolute Gasteiger partial charge is 0.322 e. The first-order valence-electron chi connectivity index (χ1n) is 8.06. The van der Waals surface area contributed by atoms with Crippen LogP contribution in [0.4, 0.5) is 18.9 Å². The van der Waals surface area contributed by atoms with Crippen LogP contribution in [0.25, 0.3) is 6.08 Å². The fourth-order valence-electron chi connectivity index (χ4n) is 2.43. The number of carbonyl (C=O) groups excluding carboxylic acids is 1. The van der Waals surface area contributed by atoms with Gasteiger partial charge >= 0.3 is 6.18 Å². The van der Waals surface area contributed by atoms with Crippen molar-refractivity contribution in [2.24, 2.45) is 0 Å². The minimum Gasteiger partial charge on any atom is -0.322 e. The standard InChI is InChI=1S/C20H20F3NO/c1-3-14(2)17-9-4-5-10-18(17)24-19(25)12-11-15-7-6-8-16(13-15)20(21,22)23/h4-14H,3H2,1-2H3,(H,24,25)/b12-11+/t14-/m0/s1. The van der Waals surface area contributed by atoms with Gasteiger partial charge in [-0.2, -0.15) is 13.2 Å². The third kappa shape index (κ3) is 5.21. The largest absolute Gasteiger partial charge is 0.416 e. The maximum absolute atomic E-state index is 12.7. The number of benzene rings is 2. The maximum Gasteiger partial charge on any atom is 0.416 e. The molecule has 1 N–H and O–H groups in total. The molecule has 1 atom stereocenters. The number of hydrogen-bond acceptors (Lipinski definition) is 1. The van der Waals surface area contributed by atoms with Crippen LogP contribution in [0.1, 0.15) is 42.9 Å². The van der Waals surface area contributed by atoms with Crippen molar-refractivity contribution in [3.05, 3.63) is 71.3 Å². The van der Waals surface area contributed by atoms with E-state index in [0.29, 0.717) is 11.5 Å². The molecule has 0 heterocycles. The molecule has 2 nitrogen and oxygen atoms in total. The summed E-state index contributed by atoms with van der Waals surface area (Å²) in [6, 6.07) is 12.4. The Morgan fingerprint density at radius 1 is 1.16 bits per heavy atom. The monoisotopic (exact) mass is 347 g/mol. The molecule has 2 aromatic rings. The van der Waals surface area contributed by atoms with Crippen molar-refractivity contribution in [3.8, 4) is 0 Å². The van der Waals surface area contributed by atoms with Crippen molar-refractivity contribution in [3.63, 3.8) is 0 Å². The molecule has 0 fully saturated rings. The molecule has 0 spiro atoms. The molecule has 0 saturated carbocycles. The molecule has 0 aliphatic carbocycles. The molecule has 0 aromatic heterocycles. The number of alkyl halides is 3. The molecule has 1 amide bonds. The van der Waals surface area contributed by atoms with Crippen molar-refractivity contribution in [2.75, 3.05) is 5.32 Å². The molecular weight excluding hydrogens is 327 g/mol. The average molecular weight is 347 g/mol. The number of para-hydroxylation sites is 1. The average Bonchev–Trinajstić information content (AvgIpc) is 2.59. The van der Waals surface area contributed by atoms with Gasteiger partial charge in [0.15, 0.2) is 0 Å². The quantitative estimate of drug-likeness (QED) is 0.673. The van der Waals surface area contributed by atoms with E-state index >= 15 is 0 Å². The van der Waals surface area contributed by atoms with Crippen molar-refractivity contribution in [2.45, 2.75) is 32.4 Å². The number of amides is 1. The van der Waals surface area contributed by atoms with Gasteiger partial charge in [0.1, 0.15) is 0 Å². The Morgan fingerprint density at radius 3 is 2.56 bits per heavy atom. The predicted molar refractivity (Wildman–Crippen MR) is 94.3 cm³/mol. The van der Waals surface area contributed by atoms with E-state index in [1.54, 1.807) is 0 Å². The minimum absolute atomic E-state index is 0.295. The summed E-state index contributed by atoms with van der Waals surface area (Å²) in [7, 11) is 0. The highest BCUT2D eigenvalue weighted by Gasteiger charge is 2.30. The van der Waals surface area contributed by atoms with E-state index in [4.69, 9.17) is 0 Å². The number of hydrogen-bond donors (Lipinski definition) is 1. The molecule has 0 unspecified atom stereocenters. The van der Waals surface area contributed by atoms with E-state index in [2.05, 4.69) is 19.2 Å². The van der Waals surface area contributed by atoms with Crippen molar-refractivity contribution in [1.29, 1.82) is 0 Å². The van der Waals surface area contributed by atoms with Gasteiger partial charge in [-0.25, -0.2) is 0 Å². The van der Waals surface area contributed by atoms with E-state index in [-0.39, 0.29) is 5.91 Å². The van der Waals surface area contributed by atoms with E-state index in [0.717, 1.165) is 29.8 Å². The van der Waals surface area contributed by atoms with Crippen molar-refractivity contribution >= 4 is 17.7 Å². The van der Waals surface area contributed by atoms with E-state index < -0.39 is 11.7 Å². The Labute approximate surface area is 145 Å². The third-order valence-corrected chi connectivity index (χ3v) is 4.00. The lowest BCUT2D eigenvalue weighted by Gasteiger charge is -2.14. The second-order valence-electron chi connectivity index (χ2n) is 5.84. The molecule has 2 aromatic carbocycles. The van der Waals surface area contributed by atoms with Gasteiger partial charge in [-0.15, -0.1) is 0 Å². The molecule has 0 aliphatic rings. The fourth-order valence-corrected chi connectivity index (χ4v) is 2.43. The van der Waals surface area contributed by atoms with Gasteiger partial charge in [-0.05, 0) is 47.7 Å². The van der Waals surface area contributed by atoms with E-state index in [1.807, 2.05) is 24.3 Å². The lowest BCUT2D eigenvalue weighted by molar-refractivity contribution is -0.137.